The molecule has 0 bridgehead atoms. The lowest BCUT2D eigenvalue weighted by Crippen LogP contribution is -2.38. The van der Waals surface area contributed by atoms with Crippen LogP contribution in [0.1, 0.15) is 5.56 Å². The summed E-state index contributed by atoms with van der Waals surface area (Å²) in [5.74, 6) is -2.65. The predicted octanol–water partition coefficient (Wildman–Crippen LogP) is 2.06. The molecule has 0 aliphatic carbocycles. The van der Waals surface area contributed by atoms with Gasteiger partial charge in [-0.05, 0) is 18.2 Å². The van der Waals surface area contributed by atoms with Gasteiger partial charge in [-0.25, -0.2) is 13.2 Å². The molecule has 0 unspecified atom stereocenters. The van der Waals surface area contributed by atoms with Gasteiger partial charge in [-0.1, -0.05) is 23.4 Å². The number of hydrogen-bond donors (Lipinski definition) is 1. The van der Waals surface area contributed by atoms with Crippen molar-refractivity contribution >= 4 is 55.9 Å². The van der Waals surface area contributed by atoms with Crippen molar-refractivity contribution in [3.8, 4) is 0 Å². The second-order valence-electron chi connectivity index (χ2n) is 6.51. The highest BCUT2D eigenvalue weighted by Crippen LogP contribution is 2.43. The van der Waals surface area contributed by atoms with Gasteiger partial charge in [0, 0.05) is 10.9 Å². The Kier molecular flexibility index (Phi) is 6.37. The Morgan fingerprint density at radius 3 is 2.63 bits per heavy atom. The lowest BCUT2D eigenvalue weighted by molar-refractivity contribution is -0.143. The number of carboxylic acid groups (broad SMARTS) is 1. The summed E-state index contributed by atoms with van der Waals surface area (Å²) in [6.45, 7) is -1.37. The van der Waals surface area contributed by atoms with Crippen LogP contribution in [-0.4, -0.2) is 66.6 Å². The normalized spacial score (nSPS) is 24.3. The second kappa shape index (κ2) is 8.36. The molecule has 0 saturated carbocycles. The number of nitrogens with zero attached hydrogens (tertiary/aromatic N) is 2. The van der Waals surface area contributed by atoms with Crippen LogP contribution in [-0.2, 0) is 30.3 Å². The molecule has 2 heterocycles. The average Bonchev–Trinajstić information content (AvgIpc) is 3.05. The Labute approximate surface area is 178 Å². The third kappa shape index (κ3) is 5.07. The Balaban J connectivity index is 1.95. The maximum absolute atomic E-state index is 13.3. The quantitative estimate of drug-likeness (QED) is 0.673. The van der Waals surface area contributed by atoms with Crippen molar-refractivity contribution < 1.29 is 41.0 Å². The maximum Gasteiger partial charge on any atom is 0.417 e. The van der Waals surface area contributed by atoms with Crippen molar-refractivity contribution in [1.82, 2.24) is 0 Å². The topological polar surface area (TPSA) is 113 Å². The number of aliphatic imine (C=N–C) groups is 1. The number of carboxylic acids is 1. The fourth-order valence-corrected chi connectivity index (χ4v) is 7.27. The van der Waals surface area contributed by atoms with Crippen LogP contribution in [0, 0.1) is 0 Å². The zero-order valence-corrected chi connectivity index (χ0v) is 17.3. The van der Waals surface area contributed by atoms with Gasteiger partial charge in [0.1, 0.15) is 13.2 Å². The van der Waals surface area contributed by atoms with Gasteiger partial charge in [0.25, 0.3) is 5.91 Å². The van der Waals surface area contributed by atoms with E-state index in [0.29, 0.717) is 0 Å². The lowest BCUT2D eigenvalue weighted by atomic mass is 10.1. The van der Waals surface area contributed by atoms with Crippen LogP contribution in [0.15, 0.2) is 23.2 Å². The first-order chi connectivity index (χ1) is 13.9. The Morgan fingerprint density at radius 2 is 2.00 bits per heavy atom. The number of rotatable bonds is 5. The summed E-state index contributed by atoms with van der Waals surface area (Å²) in [7, 11) is -3.41. The van der Waals surface area contributed by atoms with E-state index in [1.165, 1.54) is 11.0 Å². The third-order valence-electron chi connectivity index (χ3n) is 4.27. The van der Waals surface area contributed by atoms with Crippen LogP contribution in [0.3, 0.4) is 0 Å². The third-order valence-corrected chi connectivity index (χ3v) is 7.81. The zero-order valence-electron chi connectivity index (χ0n) is 14.9. The van der Waals surface area contributed by atoms with E-state index in [0.717, 1.165) is 23.9 Å². The molecule has 30 heavy (non-hydrogen) atoms. The van der Waals surface area contributed by atoms with Gasteiger partial charge in [-0.3, -0.25) is 4.79 Å². The second-order valence-corrected chi connectivity index (χ2v) is 10.3. The van der Waals surface area contributed by atoms with Crippen molar-refractivity contribution in [1.29, 1.82) is 0 Å². The number of aliphatic carboxylic acids is 1. The molecule has 2 aliphatic rings. The number of thioether (sulfide) groups is 1. The molecule has 1 N–H and O–H groups in total. The smallest absolute Gasteiger partial charge is 0.417 e. The first-order valence-corrected chi connectivity index (χ1v) is 11.4. The van der Waals surface area contributed by atoms with Gasteiger partial charge in [0.05, 0.1) is 28.1 Å². The first-order valence-electron chi connectivity index (χ1n) is 8.31. The summed E-state index contributed by atoms with van der Waals surface area (Å²) in [4.78, 5) is 27.6. The molecule has 14 heteroatoms. The molecule has 1 amide bonds. The van der Waals surface area contributed by atoms with Crippen molar-refractivity contribution in [2.45, 2.75) is 17.5 Å². The number of ether oxygens (including phenoxy) is 1. The van der Waals surface area contributed by atoms with Crippen molar-refractivity contribution in [2.75, 3.05) is 29.6 Å². The van der Waals surface area contributed by atoms with Gasteiger partial charge in [0.2, 0.25) is 0 Å². The minimum absolute atomic E-state index is 0.0122. The molecule has 0 radical (unpaired) electrons. The molecular formula is C16H14ClF3N2O6S2. The number of carbonyl (C=O) groups excluding carboxylic acids is 1. The number of halogens is 4. The predicted molar refractivity (Wildman–Crippen MR) is 104 cm³/mol. The highest BCUT2D eigenvalue weighted by atomic mass is 35.5. The van der Waals surface area contributed by atoms with E-state index in [-0.39, 0.29) is 22.4 Å². The first kappa shape index (κ1) is 22.8. The minimum Gasteiger partial charge on any atom is -0.480 e. The summed E-state index contributed by atoms with van der Waals surface area (Å²) in [5.41, 5.74) is -1.12. The Bertz CT molecular complexity index is 1010. The summed E-state index contributed by atoms with van der Waals surface area (Å²) in [5, 5.41) is 7.50. The van der Waals surface area contributed by atoms with Crippen molar-refractivity contribution in [3.05, 3.63) is 28.8 Å². The van der Waals surface area contributed by atoms with Crippen LogP contribution in [0.25, 0.3) is 0 Å². The molecular weight excluding hydrogens is 473 g/mol. The molecule has 0 spiro atoms. The molecule has 2 fully saturated rings. The Hall–Kier alpha value is -1.83. The van der Waals surface area contributed by atoms with Crippen LogP contribution in [0.2, 0.25) is 5.02 Å². The molecule has 8 nitrogen and oxygen atoms in total. The van der Waals surface area contributed by atoms with E-state index < -0.39 is 63.0 Å². The number of anilines is 1. The summed E-state index contributed by atoms with van der Waals surface area (Å²) < 4.78 is 68.5. The number of fused-ring (bicyclic) bond motifs is 1. The molecule has 2 saturated heterocycles. The average molecular weight is 487 g/mol. The van der Waals surface area contributed by atoms with E-state index in [2.05, 4.69) is 9.73 Å². The largest absolute Gasteiger partial charge is 0.480 e. The maximum atomic E-state index is 13.3. The van der Waals surface area contributed by atoms with E-state index in [1.54, 1.807) is 0 Å². The molecule has 1 aromatic rings. The molecule has 0 aromatic heterocycles. The van der Waals surface area contributed by atoms with Gasteiger partial charge in [-0.15, -0.1) is 0 Å². The van der Waals surface area contributed by atoms with Crippen LogP contribution < -0.4 is 4.90 Å². The highest BCUT2D eigenvalue weighted by molar-refractivity contribution is 8.16. The van der Waals surface area contributed by atoms with E-state index in [1.807, 2.05) is 0 Å². The monoisotopic (exact) mass is 486 g/mol. The fourth-order valence-electron chi connectivity index (χ4n) is 3.11. The van der Waals surface area contributed by atoms with Gasteiger partial charge < -0.3 is 14.7 Å². The van der Waals surface area contributed by atoms with Crippen LogP contribution in [0.5, 0.6) is 0 Å². The minimum atomic E-state index is -4.74. The lowest BCUT2D eigenvalue weighted by Gasteiger charge is -2.25. The van der Waals surface area contributed by atoms with E-state index in [9.17, 15) is 31.2 Å². The molecule has 3 rings (SSSR count). The van der Waals surface area contributed by atoms with Crippen molar-refractivity contribution in [2.24, 2.45) is 4.99 Å². The number of benzene rings is 1. The number of carbonyl (C=O) groups is 2. The van der Waals surface area contributed by atoms with Gasteiger partial charge in [0.15, 0.2) is 15.0 Å². The number of alkyl halides is 3. The zero-order chi connectivity index (χ0) is 22.3. The SMILES string of the molecule is O=C(O)COCC(=O)N=C1S[C@@H]2CS(=O)(=O)C[C@@H]2N1c1ccc(Cl)c(C(F)(F)F)c1. The number of amidine groups is 1. The molecule has 2 aliphatic heterocycles. The van der Waals surface area contributed by atoms with Crippen LogP contribution >= 0.6 is 23.4 Å². The Morgan fingerprint density at radius 1 is 1.30 bits per heavy atom. The highest BCUT2D eigenvalue weighted by Gasteiger charge is 2.49. The summed E-state index contributed by atoms with van der Waals surface area (Å²) in [6.07, 6.45) is -4.74. The van der Waals surface area contributed by atoms with Crippen molar-refractivity contribution in [3.63, 3.8) is 0 Å². The summed E-state index contributed by atoms with van der Waals surface area (Å²) >= 11 is 6.62. The fraction of sp³-hybridized carbons (Fsp3) is 0.438. The number of hydrogen-bond acceptors (Lipinski definition) is 6. The number of sulfone groups is 1. The van der Waals surface area contributed by atoms with Crippen LogP contribution in [0.4, 0.5) is 18.9 Å². The molecule has 164 valence electrons. The summed E-state index contributed by atoms with van der Waals surface area (Å²) in [6, 6.07) is 2.38. The van der Waals surface area contributed by atoms with Gasteiger partial charge in [-0.2, -0.15) is 18.2 Å². The molecule has 1 aromatic carbocycles. The van der Waals surface area contributed by atoms with E-state index >= 15 is 0 Å². The molecule has 2 atom stereocenters. The van der Waals surface area contributed by atoms with E-state index in [4.69, 9.17) is 16.7 Å². The number of amides is 1. The van der Waals surface area contributed by atoms with Gasteiger partial charge >= 0.3 is 12.1 Å². The standard InChI is InChI=1S/C16H14ClF3N2O6S2/c17-10-2-1-8(3-9(10)16(18,19)20)22-11-6-30(26,27)7-12(11)29-15(22)21-13(23)4-28-5-14(24)25/h1-3,11-12H,4-7H2,(H,24,25)/t11-,12+/m0/s1.